The Kier molecular flexibility index (Phi) is 7.04. The van der Waals surface area contributed by atoms with E-state index in [9.17, 15) is 27.9 Å². The standard InChI is InChI=1S/C32H35F3N2O6/c1-4-14-37(3)15-13-30-22-11-8-12-26(30)41-28-27(30)21(17-23(22)37)24(39)18-31(28,42-19(2)38)36-29(40)25(43-32(33,34)35)16-20-9-6-5-7-10-20/h4-7,9-10,16,18,22-23,26,28H,1,8,11-15,17H2,2-3H3,(H-,36,39,40)/p+1/t22-,23+,26-,28?,30+,31?,37?/m0/s1. The molecule has 2 N–H and O–H groups in total. The fourth-order valence-corrected chi connectivity index (χ4v) is 8.59. The summed E-state index contributed by atoms with van der Waals surface area (Å²) in [5.41, 5.74) is -0.778. The Hall–Kier alpha value is -3.57. The summed E-state index contributed by atoms with van der Waals surface area (Å²) in [5.74, 6) is -3.10. The number of esters is 1. The molecule has 5 aliphatic rings. The van der Waals surface area contributed by atoms with Crippen molar-refractivity contribution in [3.05, 3.63) is 77.3 Å². The van der Waals surface area contributed by atoms with Gasteiger partial charge in [0.05, 0.1) is 32.3 Å². The van der Waals surface area contributed by atoms with Crippen LogP contribution in [0.2, 0.25) is 0 Å². The van der Waals surface area contributed by atoms with E-state index in [4.69, 9.17) is 9.47 Å². The van der Waals surface area contributed by atoms with Crippen LogP contribution < -0.4 is 5.32 Å². The van der Waals surface area contributed by atoms with Crippen molar-refractivity contribution in [3.63, 3.8) is 0 Å². The summed E-state index contributed by atoms with van der Waals surface area (Å²) in [4.78, 5) is 26.2. The Morgan fingerprint density at radius 3 is 2.67 bits per heavy atom. The normalized spacial score (nSPS) is 36.3. The number of alkyl halides is 3. The Bertz CT molecular complexity index is 1440. The number of carbonyl (C=O) groups excluding carboxylic acids is 2. The highest BCUT2D eigenvalue weighted by molar-refractivity contribution is 5.96. The third-order valence-corrected chi connectivity index (χ3v) is 10.1. The van der Waals surface area contributed by atoms with E-state index in [0.717, 1.165) is 61.8 Å². The van der Waals surface area contributed by atoms with E-state index >= 15 is 0 Å². The second-order valence-electron chi connectivity index (χ2n) is 12.5. The molecule has 3 aliphatic carbocycles. The van der Waals surface area contributed by atoms with Crippen LogP contribution in [-0.4, -0.2) is 71.9 Å². The molecular formula is C32H36F3N2O6+. The van der Waals surface area contributed by atoms with Gasteiger partial charge in [-0.15, -0.1) is 13.2 Å². The largest absolute Gasteiger partial charge is 0.573 e. The summed E-state index contributed by atoms with van der Waals surface area (Å²) in [5, 5.41) is 14.1. The lowest BCUT2D eigenvalue weighted by Gasteiger charge is -2.61. The summed E-state index contributed by atoms with van der Waals surface area (Å²) < 4.78 is 57.8. The number of nitrogens with zero attached hydrogens (tertiary/aromatic N) is 1. The number of hydrogen-bond acceptors (Lipinski definition) is 6. The lowest BCUT2D eigenvalue weighted by Crippen LogP contribution is -2.69. The molecule has 7 atom stereocenters. The van der Waals surface area contributed by atoms with Crippen molar-refractivity contribution >= 4 is 18.0 Å². The van der Waals surface area contributed by atoms with Gasteiger partial charge in [-0.2, -0.15) is 0 Å². The molecule has 1 amide bonds. The van der Waals surface area contributed by atoms with Crippen molar-refractivity contribution in [2.24, 2.45) is 11.3 Å². The molecule has 2 bridgehead atoms. The Balaban J connectivity index is 1.44. The number of allylic oxidation sites excluding steroid dienone is 1. The van der Waals surface area contributed by atoms with Crippen LogP contribution in [0.3, 0.4) is 0 Å². The molecule has 3 unspecified atom stereocenters. The van der Waals surface area contributed by atoms with Crippen LogP contribution in [-0.2, 0) is 23.8 Å². The van der Waals surface area contributed by atoms with Crippen LogP contribution in [0.15, 0.2) is 71.7 Å². The summed E-state index contributed by atoms with van der Waals surface area (Å²) in [6, 6.07) is 8.12. The molecule has 3 fully saturated rings. The van der Waals surface area contributed by atoms with E-state index in [1.54, 1.807) is 18.2 Å². The topological polar surface area (TPSA) is 94.1 Å². The van der Waals surface area contributed by atoms with Gasteiger partial charge >= 0.3 is 12.3 Å². The summed E-state index contributed by atoms with van der Waals surface area (Å²) in [6.07, 6.45) is 1.55. The van der Waals surface area contributed by atoms with E-state index in [1.807, 2.05) is 6.08 Å². The van der Waals surface area contributed by atoms with Crippen LogP contribution in [0.25, 0.3) is 6.08 Å². The summed E-state index contributed by atoms with van der Waals surface area (Å²) in [7, 11) is 2.22. The monoisotopic (exact) mass is 601 g/mol. The average molecular weight is 602 g/mol. The lowest BCUT2D eigenvalue weighted by molar-refractivity contribution is -0.940. The molecule has 1 aromatic carbocycles. The molecule has 1 spiro atoms. The van der Waals surface area contributed by atoms with Gasteiger partial charge in [-0.25, -0.2) is 0 Å². The SMILES string of the molecule is C=CC[N+]1(C)CC[C@@]23C4=C5C[C@@H]1[C@@H]2CCC[C@@H]3OC4C(NC(=O)C(=Cc1ccccc1)OC(F)(F)F)(OC(C)=O)C=C5O. The number of nitrogens with one attached hydrogen (secondary N) is 1. The maximum absolute atomic E-state index is 13.6. The van der Waals surface area contributed by atoms with Gasteiger partial charge in [-0.3, -0.25) is 9.59 Å². The van der Waals surface area contributed by atoms with Crippen LogP contribution in [0.4, 0.5) is 13.2 Å². The lowest BCUT2D eigenvalue weighted by atomic mass is 9.50. The molecule has 6 rings (SSSR count). The first-order valence-electron chi connectivity index (χ1n) is 14.6. The molecule has 0 aromatic heterocycles. The number of amides is 1. The Labute approximate surface area is 248 Å². The van der Waals surface area contributed by atoms with Gasteiger partial charge in [0, 0.05) is 42.7 Å². The Morgan fingerprint density at radius 2 is 2.00 bits per heavy atom. The maximum Gasteiger partial charge on any atom is 0.573 e. The molecule has 43 heavy (non-hydrogen) atoms. The molecule has 0 radical (unpaired) electrons. The van der Waals surface area contributed by atoms with Crippen LogP contribution in [0.5, 0.6) is 0 Å². The third-order valence-electron chi connectivity index (χ3n) is 10.1. The quantitative estimate of drug-likeness (QED) is 0.113. The van der Waals surface area contributed by atoms with Crippen LogP contribution in [0, 0.1) is 11.3 Å². The number of benzene rings is 1. The maximum atomic E-state index is 13.6. The number of ether oxygens (including phenoxy) is 3. The Morgan fingerprint density at radius 1 is 1.26 bits per heavy atom. The number of aliphatic hydroxyl groups is 1. The number of halogens is 3. The summed E-state index contributed by atoms with van der Waals surface area (Å²) in [6.45, 7) is 6.74. The van der Waals surface area contributed by atoms with Gasteiger partial charge in [-0.1, -0.05) is 43.3 Å². The first-order valence-corrected chi connectivity index (χ1v) is 14.6. The van der Waals surface area contributed by atoms with Gasteiger partial charge < -0.3 is 29.1 Å². The summed E-state index contributed by atoms with van der Waals surface area (Å²) >= 11 is 0. The second-order valence-corrected chi connectivity index (χ2v) is 12.5. The van der Waals surface area contributed by atoms with Crippen molar-refractivity contribution in [2.45, 2.75) is 69.4 Å². The van der Waals surface area contributed by atoms with Gasteiger partial charge in [0.1, 0.15) is 11.9 Å². The van der Waals surface area contributed by atoms with Crippen molar-refractivity contribution in [1.82, 2.24) is 5.32 Å². The second kappa shape index (κ2) is 10.3. The smallest absolute Gasteiger partial charge is 0.508 e. The zero-order valence-electron chi connectivity index (χ0n) is 24.2. The highest BCUT2D eigenvalue weighted by Gasteiger charge is 2.72. The fourth-order valence-electron chi connectivity index (χ4n) is 8.59. The first kappa shape index (κ1) is 29.5. The van der Waals surface area contributed by atoms with Gasteiger partial charge in [0.25, 0.3) is 5.91 Å². The number of carbonyl (C=O) groups is 2. The van der Waals surface area contributed by atoms with Crippen molar-refractivity contribution in [3.8, 4) is 0 Å². The zero-order chi connectivity index (χ0) is 30.8. The van der Waals surface area contributed by atoms with E-state index in [1.165, 1.54) is 18.2 Å². The minimum absolute atomic E-state index is 0.178. The number of likely N-dealkylation sites (tertiary alicyclic amines) is 1. The minimum atomic E-state index is -5.17. The minimum Gasteiger partial charge on any atom is -0.508 e. The number of piperidine rings is 1. The van der Waals surface area contributed by atoms with Crippen LogP contribution in [0.1, 0.15) is 44.6 Å². The first-order chi connectivity index (χ1) is 20.3. The average Bonchev–Trinajstić information content (AvgIpc) is 3.27. The van der Waals surface area contributed by atoms with Gasteiger partial charge in [-0.05, 0) is 36.1 Å². The number of aliphatic hydroxyl groups excluding tert-OH is 1. The van der Waals surface area contributed by atoms with E-state index in [2.05, 4.69) is 23.7 Å². The highest BCUT2D eigenvalue weighted by Crippen LogP contribution is 2.67. The molecule has 8 nitrogen and oxygen atoms in total. The molecule has 1 saturated carbocycles. The zero-order valence-corrected chi connectivity index (χ0v) is 24.2. The van der Waals surface area contributed by atoms with Crippen molar-refractivity contribution < 1.29 is 46.6 Å². The van der Waals surface area contributed by atoms with Crippen LogP contribution >= 0.6 is 0 Å². The number of likely N-dealkylation sites (N-methyl/N-ethyl adjacent to an activating group) is 1. The van der Waals surface area contributed by atoms with Crippen molar-refractivity contribution in [2.75, 3.05) is 20.1 Å². The van der Waals surface area contributed by atoms with E-state index < -0.39 is 41.2 Å². The third kappa shape index (κ3) is 4.77. The molecule has 11 heteroatoms. The molecule has 2 heterocycles. The fraction of sp³-hybridized carbons (Fsp3) is 0.500. The molecule has 1 aromatic rings. The van der Waals surface area contributed by atoms with Gasteiger partial charge in [0.15, 0.2) is 5.76 Å². The molecule has 230 valence electrons. The number of hydrogen-bond donors (Lipinski definition) is 2. The predicted octanol–water partition coefficient (Wildman–Crippen LogP) is 5.05. The molecule has 2 aliphatic heterocycles. The number of quaternary nitrogens is 1. The van der Waals surface area contributed by atoms with Gasteiger partial charge in [0.2, 0.25) is 5.72 Å². The molecule has 2 saturated heterocycles. The van der Waals surface area contributed by atoms with E-state index in [-0.39, 0.29) is 29.4 Å². The highest BCUT2D eigenvalue weighted by atomic mass is 19.4. The van der Waals surface area contributed by atoms with E-state index in [0.29, 0.717) is 12.0 Å². The molecular weight excluding hydrogens is 565 g/mol. The van der Waals surface area contributed by atoms with Crippen molar-refractivity contribution in [1.29, 1.82) is 0 Å². The number of rotatable bonds is 7. The predicted molar refractivity (Wildman–Crippen MR) is 150 cm³/mol.